The monoisotopic (exact) mass is 380 g/mol. The van der Waals surface area contributed by atoms with Crippen molar-refractivity contribution < 1.29 is 18.3 Å². The second-order valence-electron chi connectivity index (χ2n) is 6.16. The highest BCUT2D eigenvalue weighted by molar-refractivity contribution is 6.33. The zero-order chi connectivity index (χ0) is 18.7. The fourth-order valence-electron chi connectivity index (χ4n) is 2.96. The van der Waals surface area contributed by atoms with E-state index in [1.807, 2.05) is 24.3 Å². The smallest absolute Gasteiger partial charge is 0.255 e. The molecule has 3 rings (SSSR count). The fourth-order valence-corrected chi connectivity index (χ4v) is 3.19. The van der Waals surface area contributed by atoms with Crippen molar-refractivity contribution in [2.24, 2.45) is 0 Å². The second kappa shape index (κ2) is 8.01. The number of hydrogen-bond acceptors (Lipinski definition) is 3. The molecule has 1 fully saturated rings. The number of ether oxygens (including phenoxy) is 1. The van der Waals surface area contributed by atoms with Gasteiger partial charge in [-0.2, -0.15) is 0 Å². The molecule has 0 saturated carbocycles. The number of halogens is 3. The van der Waals surface area contributed by atoms with Gasteiger partial charge in [0.05, 0.1) is 17.7 Å². The maximum Gasteiger partial charge on any atom is 0.255 e. The Morgan fingerprint density at radius 3 is 2.31 bits per heavy atom. The van der Waals surface area contributed by atoms with Gasteiger partial charge < -0.3 is 9.64 Å². The van der Waals surface area contributed by atoms with Gasteiger partial charge in [-0.1, -0.05) is 23.7 Å². The van der Waals surface area contributed by atoms with Crippen LogP contribution in [0.5, 0.6) is 5.75 Å². The van der Waals surface area contributed by atoms with Gasteiger partial charge in [-0.15, -0.1) is 0 Å². The molecule has 0 N–H and O–H groups in total. The van der Waals surface area contributed by atoms with Crippen LogP contribution in [0, 0.1) is 11.6 Å². The summed E-state index contributed by atoms with van der Waals surface area (Å²) in [5.41, 5.74) is 1.16. The van der Waals surface area contributed by atoms with Gasteiger partial charge in [-0.05, 0) is 29.8 Å². The molecule has 1 aliphatic rings. The van der Waals surface area contributed by atoms with E-state index in [4.69, 9.17) is 16.3 Å². The minimum atomic E-state index is -1.07. The normalized spacial score (nSPS) is 15.2. The lowest BCUT2D eigenvalue weighted by Crippen LogP contribution is -2.48. The van der Waals surface area contributed by atoms with Crippen LogP contribution in [0.3, 0.4) is 0 Å². The molecule has 26 heavy (non-hydrogen) atoms. The van der Waals surface area contributed by atoms with Crippen molar-refractivity contribution in [2.75, 3.05) is 33.3 Å². The van der Waals surface area contributed by atoms with Gasteiger partial charge in [0.25, 0.3) is 5.91 Å². The number of carbonyl (C=O) groups is 1. The second-order valence-corrected chi connectivity index (χ2v) is 6.57. The molecule has 2 aromatic rings. The first-order chi connectivity index (χ1) is 12.5. The quantitative estimate of drug-likeness (QED) is 0.760. The Bertz CT molecular complexity index is 791. The number of benzene rings is 2. The van der Waals surface area contributed by atoms with Crippen molar-refractivity contribution >= 4 is 17.5 Å². The molecule has 7 heteroatoms. The van der Waals surface area contributed by atoms with Crippen LogP contribution < -0.4 is 4.74 Å². The number of methoxy groups -OCH3 is 1. The van der Waals surface area contributed by atoms with Crippen molar-refractivity contribution in [2.45, 2.75) is 6.54 Å². The molecule has 4 nitrogen and oxygen atoms in total. The Kier molecular flexibility index (Phi) is 5.74. The topological polar surface area (TPSA) is 32.8 Å². The Hall–Kier alpha value is -2.18. The first kappa shape index (κ1) is 18.6. The average Bonchev–Trinajstić information content (AvgIpc) is 2.65. The van der Waals surface area contributed by atoms with Gasteiger partial charge in [-0.3, -0.25) is 9.69 Å². The zero-order valence-electron chi connectivity index (χ0n) is 14.3. The van der Waals surface area contributed by atoms with E-state index in [2.05, 4.69) is 4.90 Å². The van der Waals surface area contributed by atoms with Gasteiger partial charge in [-0.25, -0.2) is 8.78 Å². The van der Waals surface area contributed by atoms with E-state index in [-0.39, 0.29) is 16.5 Å². The molecule has 138 valence electrons. The minimum Gasteiger partial charge on any atom is -0.497 e. The molecular weight excluding hydrogens is 362 g/mol. The molecular formula is C19H19ClF2N2O2. The standard InChI is InChI=1S/C19H19ClF2N2O2/c1-26-14-4-2-13(3-5-14)12-23-6-8-24(9-7-23)19(25)15-10-17(21)18(22)11-16(15)20/h2-5,10-11H,6-9,12H2,1H3. The van der Waals surface area contributed by atoms with Gasteiger partial charge in [0.15, 0.2) is 11.6 Å². The van der Waals surface area contributed by atoms with Crippen LogP contribution >= 0.6 is 11.6 Å². The van der Waals surface area contributed by atoms with Crippen molar-refractivity contribution in [3.8, 4) is 5.75 Å². The van der Waals surface area contributed by atoms with Crippen LogP contribution in [0.2, 0.25) is 5.02 Å². The predicted molar refractivity (Wildman–Crippen MR) is 95.5 cm³/mol. The number of carbonyl (C=O) groups excluding carboxylic acids is 1. The molecule has 2 aromatic carbocycles. The highest BCUT2D eigenvalue weighted by Gasteiger charge is 2.24. The predicted octanol–water partition coefficient (Wildman–Crippen LogP) is 3.58. The summed E-state index contributed by atoms with van der Waals surface area (Å²) in [6.07, 6.45) is 0. The molecule has 0 unspecified atom stereocenters. The molecule has 1 amide bonds. The lowest BCUT2D eigenvalue weighted by atomic mass is 10.1. The molecule has 0 bridgehead atoms. The number of amides is 1. The SMILES string of the molecule is COc1ccc(CN2CCN(C(=O)c3cc(F)c(F)cc3Cl)CC2)cc1. The summed E-state index contributed by atoms with van der Waals surface area (Å²) in [5, 5.41) is -0.0745. The molecule has 0 atom stereocenters. The molecule has 0 radical (unpaired) electrons. The highest BCUT2D eigenvalue weighted by Crippen LogP contribution is 2.22. The third kappa shape index (κ3) is 4.14. The maximum atomic E-state index is 13.4. The van der Waals surface area contributed by atoms with E-state index in [9.17, 15) is 13.6 Å². The largest absolute Gasteiger partial charge is 0.497 e. The molecule has 0 aliphatic carbocycles. The molecule has 1 saturated heterocycles. The van der Waals surface area contributed by atoms with Gasteiger partial charge >= 0.3 is 0 Å². The highest BCUT2D eigenvalue weighted by atomic mass is 35.5. The number of hydrogen-bond donors (Lipinski definition) is 0. The van der Waals surface area contributed by atoms with Crippen molar-refractivity contribution in [1.82, 2.24) is 9.80 Å². The first-order valence-corrected chi connectivity index (χ1v) is 8.65. The van der Waals surface area contributed by atoms with Crippen molar-refractivity contribution in [3.05, 3.63) is 64.2 Å². The number of nitrogens with zero attached hydrogens (tertiary/aromatic N) is 2. The number of piperazine rings is 1. The van der Waals surface area contributed by atoms with Crippen LogP contribution in [0.1, 0.15) is 15.9 Å². The Morgan fingerprint density at radius 1 is 1.08 bits per heavy atom. The van der Waals surface area contributed by atoms with Crippen LogP contribution in [0.15, 0.2) is 36.4 Å². The Morgan fingerprint density at radius 2 is 1.69 bits per heavy atom. The number of rotatable bonds is 4. The summed E-state index contributed by atoms with van der Waals surface area (Å²) < 4.78 is 31.7. The van der Waals surface area contributed by atoms with E-state index >= 15 is 0 Å². The zero-order valence-corrected chi connectivity index (χ0v) is 15.1. The summed E-state index contributed by atoms with van der Waals surface area (Å²) in [7, 11) is 1.63. The lowest BCUT2D eigenvalue weighted by molar-refractivity contribution is 0.0628. The van der Waals surface area contributed by atoms with Gasteiger partial charge in [0.2, 0.25) is 0 Å². The maximum absolute atomic E-state index is 13.4. The van der Waals surface area contributed by atoms with Crippen LogP contribution in [0.4, 0.5) is 8.78 Å². The van der Waals surface area contributed by atoms with E-state index in [1.54, 1.807) is 12.0 Å². The summed E-state index contributed by atoms with van der Waals surface area (Å²) in [6.45, 7) is 3.17. The summed E-state index contributed by atoms with van der Waals surface area (Å²) in [5.74, 6) is -1.70. The summed E-state index contributed by atoms with van der Waals surface area (Å²) >= 11 is 5.90. The van der Waals surface area contributed by atoms with Gasteiger partial charge in [0.1, 0.15) is 5.75 Å². The Balaban J connectivity index is 1.59. The van der Waals surface area contributed by atoms with E-state index in [0.29, 0.717) is 26.2 Å². The average molecular weight is 381 g/mol. The van der Waals surface area contributed by atoms with Crippen LogP contribution in [-0.2, 0) is 6.54 Å². The lowest BCUT2D eigenvalue weighted by Gasteiger charge is -2.35. The molecule has 0 spiro atoms. The van der Waals surface area contributed by atoms with E-state index in [0.717, 1.165) is 30.0 Å². The molecule has 0 aromatic heterocycles. The first-order valence-electron chi connectivity index (χ1n) is 8.27. The van der Waals surface area contributed by atoms with E-state index in [1.165, 1.54) is 0 Å². The third-order valence-electron chi connectivity index (χ3n) is 4.47. The fraction of sp³-hybridized carbons (Fsp3) is 0.316. The summed E-state index contributed by atoms with van der Waals surface area (Å²) in [4.78, 5) is 16.4. The van der Waals surface area contributed by atoms with E-state index < -0.39 is 11.6 Å². The minimum absolute atomic E-state index is 0.00540. The van der Waals surface area contributed by atoms with Crippen LogP contribution in [-0.4, -0.2) is 49.0 Å². The van der Waals surface area contributed by atoms with Crippen LogP contribution in [0.25, 0.3) is 0 Å². The molecule has 1 heterocycles. The summed E-state index contributed by atoms with van der Waals surface area (Å²) in [6, 6.07) is 9.56. The van der Waals surface area contributed by atoms with Crippen molar-refractivity contribution in [1.29, 1.82) is 0 Å². The van der Waals surface area contributed by atoms with Crippen molar-refractivity contribution in [3.63, 3.8) is 0 Å². The molecule has 1 aliphatic heterocycles. The Labute approximate surface area is 155 Å². The third-order valence-corrected chi connectivity index (χ3v) is 4.78. The van der Waals surface area contributed by atoms with Gasteiger partial charge in [0, 0.05) is 32.7 Å².